The average molecular weight is 174 g/mol. The van der Waals surface area contributed by atoms with Gasteiger partial charge in [-0.25, -0.2) is 0 Å². The van der Waals surface area contributed by atoms with E-state index in [9.17, 15) is 4.79 Å². The number of aromatic nitrogens is 1. The molecule has 54 valence electrons. The molecule has 0 saturated carbocycles. The van der Waals surface area contributed by atoms with Crippen LogP contribution < -0.4 is 5.73 Å². The summed E-state index contributed by atoms with van der Waals surface area (Å²) in [6.07, 6.45) is 0. The molecule has 10 heavy (non-hydrogen) atoms. The zero-order valence-electron chi connectivity index (χ0n) is 5.09. The van der Waals surface area contributed by atoms with Crippen LogP contribution in [0.25, 0.3) is 0 Å². The molecular weight excluding hydrogens is 168 g/mol. The zero-order chi connectivity index (χ0) is 7.56. The summed E-state index contributed by atoms with van der Waals surface area (Å²) in [5, 5.41) is 1.68. The number of Topliss-reactive ketones (excluding diaryl/α,β-unsaturated/α-hetero) is 1. The molecule has 1 aromatic rings. The summed E-state index contributed by atoms with van der Waals surface area (Å²) in [5.74, 6) is -0.104. The third kappa shape index (κ3) is 1.50. The van der Waals surface area contributed by atoms with Gasteiger partial charge in [-0.1, -0.05) is 0 Å². The van der Waals surface area contributed by atoms with Crippen molar-refractivity contribution in [2.45, 2.75) is 0 Å². The maximum absolute atomic E-state index is 10.8. The van der Waals surface area contributed by atoms with Crippen LogP contribution in [0.1, 0.15) is 10.5 Å². The van der Waals surface area contributed by atoms with Crippen molar-refractivity contribution in [3.63, 3.8) is 0 Å². The normalized spacial score (nSPS) is 9.70. The first-order chi connectivity index (χ1) is 4.74. The van der Waals surface area contributed by atoms with E-state index >= 15 is 0 Å². The van der Waals surface area contributed by atoms with E-state index in [2.05, 4.69) is 4.98 Å². The lowest BCUT2D eigenvalue weighted by molar-refractivity contribution is 0.0997. The van der Waals surface area contributed by atoms with Crippen LogP contribution in [0.3, 0.4) is 0 Å². The zero-order valence-corrected chi connectivity index (χ0v) is 6.72. The van der Waals surface area contributed by atoms with Crippen LogP contribution in [0.15, 0.2) is 5.38 Å². The molecule has 1 aromatic heterocycles. The largest absolute Gasteiger partial charge is 0.334 e. The van der Waals surface area contributed by atoms with Crippen molar-refractivity contribution in [2.75, 3.05) is 6.54 Å². The Labute approximate surface area is 66.9 Å². The number of carbonyl (C=O) groups is 1. The van der Waals surface area contributed by atoms with Crippen LogP contribution in [0.2, 0.25) is 0 Å². The number of nitrogens with one attached hydrogen (secondary N) is 1. The van der Waals surface area contributed by atoms with Crippen molar-refractivity contribution < 1.29 is 4.79 Å². The molecule has 0 fully saturated rings. The van der Waals surface area contributed by atoms with Crippen molar-refractivity contribution in [1.82, 2.24) is 4.98 Å². The first-order valence-electron chi connectivity index (χ1n) is 2.65. The Bertz CT molecular complexity index is 288. The molecule has 3 N–H and O–H groups in total. The molecule has 0 aliphatic rings. The number of aromatic amines is 1. The monoisotopic (exact) mass is 174 g/mol. The minimum absolute atomic E-state index is 0.0298. The molecule has 3 nitrogen and oxygen atoms in total. The van der Waals surface area contributed by atoms with Crippen LogP contribution in [0.5, 0.6) is 0 Å². The maximum Gasteiger partial charge on any atom is 0.193 e. The molecule has 0 saturated heterocycles. The highest BCUT2D eigenvalue weighted by molar-refractivity contribution is 7.73. The van der Waals surface area contributed by atoms with Gasteiger partial charge in [-0.05, 0) is 12.2 Å². The summed E-state index contributed by atoms with van der Waals surface area (Å²) in [5.41, 5.74) is 5.63. The summed E-state index contributed by atoms with van der Waals surface area (Å²) >= 11 is 6.10. The summed E-state index contributed by atoms with van der Waals surface area (Å²) in [4.78, 5) is 13.6. The third-order valence-electron chi connectivity index (χ3n) is 1.01. The fraction of sp³-hybridized carbons (Fsp3) is 0.200. The second kappa shape index (κ2) is 3.05. The molecule has 0 amide bonds. The van der Waals surface area contributed by atoms with Crippen LogP contribution in [0.4, 0.5) is 0 Å². The van der Waals surface area contributed by atoms with Gasteiger partial charge >= 0.3 is 0 Å². The number of rotatable bonds is 2. The molecular formula is C5H6N2OS2. The number of ketones is 1. The minimum atomic E-state index is -0.104. The van der Waals surface area contributed by atoms with Crippen molar-refractivity contribution in [2.24, 2.45) is 5.73 Å². The summed E-state index contributed by atoms with van der Waals surface area (Å²) in [6, 6.07) is 0. The SMILES string of the molecule is NCC(=O)c1csc(=S)[nH]1. The quantitative estimate of drug-likeness (QED) is 0.518. The van der Waals surface area contributed by atoms with E-state index in [0.29, 0.717) is 9.65 Å². The average Bonchev–Trinajstić information content (AvgIpc) is 2.34. The van der Waals surface area contributed by atoms with Crippen LogP contribution in [-0.4, -0.2) is 17.3 Å². The first kappa shape index (κ1) is 7.59. The summed E-state index contributed by atoms with van der Waals surface area (Å²) < 4.78 is 0.608. The Morgan fingerprint density at radius 2 is 2.60 bits per heavy atom. The summed E-state index contributed by atoms with van der Waals surface area (Å²) in [6.45, 7) is 0.0298. The van der Waals surface area contributed by atoms with Crippen molar-refractivity contribution in [1.29, 1.82) is 0 Å². The summed E-state index contributed by atoms with van der Waals surface area (Å²) in [7, 11) is 0. The number of nitrogens with two attached hydrogens (primary N) is 1. The van der Waals surface area contributed by atoms with Gasteiger partial charge in [0.1, 0.15) is 0 Å². The van der Waals surface area contributed by atoms with Crippen molar-refractivity contribution in [3.8, 4) is 0 Å². The number of hydrogen-bond acceptors (Lipinski definition) is 4. The van der Waals surface area contributed by atoms with Gasteiger partial charge in [-0.15, -0.1) is 11.3 Å². The van der Waals surface area contributed by atoms with E-state index in [1.807, 2.05) is 0 Å². The Morgan fingerprint density at radius 1 is 1.90 bits per heavy atom. The maximum atomic E-state index is 10.8. The lowest BCUT2D eigenvalue weighted by atomic mass is 10.3. The topological polar surface area (TPSA) is 58.9 Å². The lowest BCUT2D eigenvalue weighted by Gasteiger charge is -1.87. The number of carbonyl (C=O) groups excluding carboxylic acids is 1. The van der Waals surface area contributed by atoms with Gasteiger partial charge < -0.3 is 10.7 Å². The molecule has 0 atom stereocenters. The van der Waals surface area contributed by atoms with E-state index < -0.39 is 0 Å². The molecule has 0 aliphatic heterocycles. The second-order valence-corrected chi connectivity index (χ2v) is 3.24. The highest BCUT2D eigenvalue weighted by atomic mass is 32.1. The van der Waals surface area contributed by atoms with Gasteiger partial charge in [-0.3, -0.25) is 4.79 Å². The van der Waals surface area contributed by atoms with E-state index in [0.717, 1.165) is 0 Å². The molecule has 1 rings (SSSR count). The van der Waals surface area contributed by atoms with E-state index in [1.54, 1.807) is 5.38 Å². The van der Waals surface area contributed by atoms with Gasteiger partial charge in [0.05, 0.1) is 12.2 Å². The van der Waals surface area contributed by atoms with Crippen LogP contribution >= 0.6 is 23.6 Å². The molecule has 0 aliphatic carbocycles. The Kier molecular flexibility index (Phi) is 2.31. The van der Waals surface area contributed by atoms with Crippen LogP contribution in [0, 0.1) is 3.95 Å². The first-order valence-corrected chi connectivity index (χ1v) is 3.94. The highest BCUT2D eigenvalue weighted by Gasteiger charge is 2.02. The predicted molar refractivity (Wildman–Crippen MR) is 42.9 cm³/mol. The number of hydrogen-bond donors (Lipinski definition) is 2. The molecule has 0 unspecified atom stereocenters. The molecule has 0 bridgehead atoms. The number of thiazole rings is 1. The van der Waals surface area contributed by atoms with E-state index in [4.69, 9.17) is 18.0 Å². The van der Waals surface area contributed by atoms with E-state index in [-0.39, 0.29) is 12.3 Å². The van der Waals surface area contributed by atoms with Gasteiger partial charge in [0.25, 0.3) is 0 Å². The number of H-pyrrole nitrogens is 1. The van der Waals surface area contributed by atoms with Gasteiger partial charge in [0, 0.05) is 5.38 Å². The van der Waals surface area contributed by atoms with Crippen LogP contribution in [-0.2, 0) is 0 Å². The fourth-order valence-electron chi connectivity index (χ4n) is 0.527. The Morgan fingerprint density at radius 3 is 3.00 bits per heavy atom. The second-order valence-electron chi connectivity index (χ2n) is 1.69. The molecule has 0 radical (unpaired) electrons. The lowest BCUT2D eigenvalue weighted by Crippen LogP contribution is -2.13. The van der Waals surface area contributed by atoms with Gasteiger partial charge in [0.2, 0.25) is 0 Å². The predicted octanol–water partition coefficient (Wildman–Crippen LogP) is 0.947. The third-order valence-corrected chi connectivity index (χ3v) is 2.07. The molecule has 1 heterocycles. The van der Waals surface area contributed by atoms with Crippen molar-refractivity contribution in [3.05, 3.63) is 15.0 Å². The molecule has 0 spiro atoms. The highest BCUT2D eigenvalue weighted by Crippen LogP contribution is 2.03. The molecule has 5 heteroatoms. The van der Waals surface area contributed by atoms with Gasteiger partial charge in [-0.2, -0.15) is 0 Å². The van der Waals surface area contributed by atoms with E-state index in [1.165, 1.54) is 11.3 Å². The van der Waals surface area contributed by atoms with Gasteiger partial charge in [0.15, 0.2) is 9.74 Å². The van der Waals surface area contributed by atoms with Crippen molar-refractivity contribution >= 4 is 29.3 Å². The smallest absolute Gasteiger partial charge is 0.193 e. The minimum Gasteiger partial charge on any atom is -0.334 e. The Balaban J connectivity index is 2.95. The Hall–Kier alpha value is -0.520. The molecule has 0 aromatic carbocycles. The standard InChI is InChI=1S/C5H6N2OS2/c6-1-4(8)3-2-10-5(9)7-3/h2H,1,6H2,(H,7,9). The fourth-order valence-corrected chi connectivity index (χ4v) is 1.37.